The zero-order valence-electron chi connectivity index (χ0n) is 12.5. The fourth-order valence-corrected chi connectivity index (χ4v) is 3.10. The van der Waals surface area contributed by atoms with Crippen LogP contribution in [0.1, 0.15) is 24.8 Å². The van der Waals surface area contributed by atoms with Crippen molar-refractivity contribution in [2.75, 3.05) is 7.11 Å². The molecule has 114 valence electrons. The van der Waals surface area contributed by atoms with Crippen molar-refractivity contribution in [1.29, 1.82) is 0 Å². The lowest BCUT2D eigenvalue weighted by atomic mass is 9.98. The van der Waals surface area contributed by atoms with Crippen LogP contribution in [-0.4, -0.2) is 19.0 Å². The maximum absolute atomic E-state index is 12.5. The predicted molar refractivity (Wildman–Crippen MR) is 81.4 cm³/mol. The first-order chi connectivity index (χ1) is 10.7. The van der Waals surface area contributed by atoms with E-state index in [1.54, 1.807) is 6.08 Å². The molecule has 1 saturated carbocycles. The molecule has 1 heterocycles. The quantitative estimate of drug-likeness (QED) is 0.787. The highest BCUT2D eigenvalue weighted by atomic mass is 16.6. The van der Waals surface area contributed by atoms with Crippen LogP contribution < -0.4 is 0 Å². The number of methoxy groups -OCH3 is 1. The van der Waals surface area contributed by atoms with Crippen molar-refractivity contribution < 1.29 is 19.1 Å². The van der Waals surface area contributed by atoms with Gasteiger partial charge in [0.1, 0.15) is 0 Å². The molecule has 1 aliphatic carbocycles. The van der Waals surface area contributed by atoms with Gasteiger partial charge in [-0.1, -0.05) is 36.4 Å². The molecule has 4 nitrogen and oxygen atoms in total. The average Bonchev–Trinajstić information content (AvgIpc) is 3.00. The number of benzene rings is 1. The molecule has 0 N–H and O–H groups in total. The summed E-state index contributed by atoms with van der Waals surface area (Å²) in [6.45, 7) is 0. The number of rotatable bonds is 2. The van der Waals surface area contributed by atoms with Crippen molar-refractivity contribution in [2.45, 2.75) is 19.3 Å². The van der Waals surface area contributed by atoms with Gasteiger partial charge in [0.25, 0.3) is 0 Å². The molecular formula is C18H18O4. The summed E-state index contributed by atoms with van der Waals surface area (Å²) in [5.74, 6) is -0.525. The van der Waals surface area contributed by atoms with Crippen LogP contribution in [0.3, 0.4) is 0 Å². The Labute approximate surface area is 129 Å². The largest absolute Gasteiger partial charge is 0.463 e. The van der Waals surface area contributed by atoms with E-state index in [1.165, 1.54) is 7.11 Å². The Kier molecular flexibility index (Phi) is 4.09. The molecule has 2 unspecified atom stereocenters. The van der Waals surface area contributed by atoms with Crippen LogP contribution in [0, 0.1) is 11.8 Å². The molecule has 0 spiro atoms. The summed E-state index contributed by atoms with van der Waals surface area (Å²) in [6.07, 6.45) is 6.66. The van der Waals surface area contributed by atoms with Gasteiger partial charge < -0.3 is 9.47 Å². The second kappa shape index (κ2) is 6.18. The minimum absolute atomic E-state index is 0.00174. The van der Waals surface area contributed by atoms with E-state index >= 15 is 0 Å². The van der Waals surface area contributed by atoms with Crippen LogP contribution in [-0.2, 0) is 19.1 Å². The van der Waals surface area contributed by atoms with E-state index in [9.17, 15) is 9.59 Å². The molecule has 2 atom stereocenters. The molecule has 3 rings (SSSR count). The molecule has 1 aliphatic heterocycles. The molecule has 1 aromatic rings. The highest BCUT2D eigenvalue weighted by Crippen LogP contribution is 2.37. The molecule has 2 aliphatic rings. The van der Waals surface area contributed by atoms with Gasteiger partial charge in [0.05, 0.1) is 12.7 Å². The number of hydrogen-bond acceptors (Lipinski definition) is 4. The van der Waals surface area contributed by atoms with Gasteiger partial charge in [-0.15, -0.1) is 0 Å². The van der Waals surface area contributed by atoms with Crippen LogP contribution in [0.5, 0.6) is 0 Å². The highest BCUT2D eigenvalue weighted by molar-refractivity contribution is 6.17. The minimum Gasteiger partial charge on any atom is -0.463 e. The van der Waals surface area contributed by atoms with Gasteiger partial charge in [0.2, 0.25) is 5.76 Å². The van der Waals surface area contributed by atoms with E-state index in [0.29, 0.717) is 11.5 Å². The molecule has 0 amide bonds. The Balaban J connectivity index is 2.00. The fourth-order valence-electron chi connectivity index (χ4n) is 3.10. The highest BCUT2D eigenvalue weighted by Gasteiger charge is 2.30. The minimum atomic E-state index is -0.605. The molecule has 4 heteroatoms. The number of allylic oxidation sites excluding steroid dienone is 2. The number of ether oxygens (including phenoxy) is 2. The number of carbonyl (C=O) groups is 2. The number of fused-ring (bicyclic) bond motifs is 2. The van der Waals surface area contributed by atoms with E-state index < -0.39 is 11.9 Å². The average molecular weight is 298 g/mol. The molecule has 1 aromatic carbocycles. The number of carbonyl (C=O) groups excluding carboxylic acids is 2. The predicted octanol–water partition coefficient (Wildman–Crippen LogP) is 3.10. The third-order valence-corrected chi connectivity index (χ3v) is 4.20. The summed E-state index contributed by atoms with van der Waals surface area (Å²) in [4.78, 5) is 24.3. The number of hydrogen-bond donors (Lipinski definition) is 0. The van der Waals surface area contributed by atoms with Gasteiger partial charge in [0.15, 0.2) is 0 Å². The van der Waals surface area contributed by atoms with Crippen molar-refractivity contribution in [3.63, 3.8) is 0 Å². The Morgan fingerprint density at radius 1 is 1.14 bits per heavy atom. The second-order valence-corrected chi connectivity index (χ2v) is 5.69. The van der Waals surface area contributed by atoms with Crippen molar-refractivity contribution >= 4 is 17.5 Å². The topological polar surface area (TPSA) is 52.6 Å². The van der Waals surface area contributed by atoms with Crippen molar-refractivity contribution in [3.8, 4) is 0 Å². The monoisotopic (exact) mass is 298 g/mol. The Hall–Kier alpha value is -2.36. The molecule has 22 heavy (non-hydrogen) atoms. The summed E-state index contributed by atoms with van der Waals surface area (Å²) < 4.78 is 10.0. The fraction of sp³-hybridized carbons (Fsp3) is 0.333. The zero-order chi connectivity index (χ0) is 15.5. The summed E-state index contributed by atoms with van der Waals surface area (Å²) >= 11 is 0. The summed E-state index contributed by atoms with van der Waals surface area (Å²) in [5.41, 5.74) is 1.32. The molecule has 1 fully saturated rings. The van der Waals surface area contributed by atoms with Gasteiger partial charge in [0, 0.05) is 0 Å². The molecule has 0 saturated heterocycles. The Morgan fingerprint density at radius 3 is 2.50 bits per heavy atom. The van der Waals surface area contributed by atoms with Gasteiger partial charge in [-0.3, -0.25) is 0 Å². The summed E-state index contributed by atoms with van der Waals surface area (Å²) in [7, 11) is 1.29. The SMILES string of the molecule is COC(=O)/C1=C/C2CCC(/C=C(/c3ccccc3)C(=O)O1)C2. The lowest BCUT2D eigenvalue weighted by Crippen LogP contribution is -2.15. The van der Waals surface area contributed by atoms with Gasteiger partial charge in [-0.25, -0.2) is 9.59 Å². The van der Waals surface area contributed by atoms with Crippen molar-refractivity contribution in [1.82, 2.24) is 0 Å². The normalized spacial score (nSPS) is 29.0. The molecular weight excluding hydrogens is 280 g/mol. The van der Waals surface area contributed by atoms with E-state index in [2.05, 4.69) is 0 Å². The maximum Gasteiger partial charge on any atom is 0.373 e. The third-order valence-electron chi connectivity index (χ3n) is 4.20. The molecule has 0 radical (unpaired) electrons. The van der Waals surface area contributed by atoms with Crippen molar-refractivity contribution in [3.05, 3.63) is 53.8 Å². The smallest absolute Gasteiger partial charge is 0.373 e. The van der Waals surface area contributed by atoms with Crippen molar-refractivity contribution in [2.24, 2.45) is 11.8 Å². The Morgan fingerprint density at radius 2 is 1.82 bits per heavy atom. The van der Waals surface area contributed by atoms with E-state index in [1.807, 2.05) is 36.4 Å². The first-order valence-electron chi connectivity index (χ1n) is 7.47. The number of esters is 2. The molecule has 0 aromatic heterocycles. The summed E-state index contributed by atoms with van der Waals surface area (Å²) in [5, 5.41) is 0. The molecule has 2 bridgehead atoms. The first-order valence-corrected chi connectivity index (χ1v) is 7.47. The van der Waals surface area contributed by atoms with Crippen LogP contribution in [0.4, 0.5) is 0 Å². The van der Waals surface area contributed by atoms with Crippen LogP contribution in [0.15, 0.2) is 48.2 Å². The number of cyclic esters (lactones) is 1. The van der Waals surface area contributed by atoms with Gasteiger partial charge >= 0.3 is 11.9 Å². The third kappa shape index (κ3) is 2.96. The van der Waals surface area contributed by atoms with E-state index in [0.717, 1.165) is 24.8 Å². The van der Waals surface area contributed by atoms with Gasteiger partial charge in [-0.2, -0.15) is 0 Å². The lowest BCUT2D eigenvalue weighted by molar-refractivity contribution is -0.146. The summed E-state index contributed by atoms with van der Waals surface area (Å²) in [6, 6.07) is 9.41. The van der Waals surface area contributed by atoms with Crippen LogP contribution in [0.2, 0.25) is 0 Å². The second-order valence-electron chi connectivity index (χ2n) is 5.69. The standard InChI is InChI=1S/C18H18O4/c1-21-18(20)16-11-13-8-7-12(9-13)10-15(17(19)22-16)14-5-3-2-4-6-14/h2-6,10-13H,7-9H2,1H3/b15-10-,16-11-. The van der Waals surface area contributed by atoms with Gasteiger partial charge in [-0.05, 0) is 42.7 Å². The zero-order valence-corrected chi connectivity index (χ0v) is 12.5. The van der Waals surface area contributed by atoms with Crippen LogP contribution >= 0.6 is 0 Å². The first kappa shape index (κ1) is 14.6. The van der Waals surface area contributed by atoms with E-state index in [-0.39, 0.29) is 11.7 Å². The van der Waals surface area contributed by atoms with Crippen LogP contribution in [0.25, 0.3) is 5.57 Å². The maximum atomic E-state index is 12.5. The van der Waals surface area contributed by atoms with E-state index in [4.69, 9.17) is 9.47 Å². The Bertz CT molecular complexity index is 642. The lowest BCUT2D eigenvalue weighted by Gasteiger charge is -2.11.